The number of hydrogen-bond acceptors (Lipinski definition) is 3. The summed E-state index contributed by atoms with van der Waals surface area (Å²) in [7, 11) is 5.74. The summed E-state index contributed by atoms with van der Waals surface area (Å²) in [5, 5.41) is 0. The van der Waals surface area contributed by atoms with Crippen molar-refractivity contribution in [3.8, 4) is 0 Å². The van der Waals surface area contributed by atoms with Crippen molar-refractivity contribution in [2.75, 3.05) is 27.7 Å². The quantitative estimate of drug-likeness (QED) is 0.826. The smallest absolute Gasteiger partial charge is 0.223 e. The summed E-state index contributed by atoms with van der Waals surface area (Å²) in [5.41, 5.74) is 6.35. The second-order valence-electron chi connectivity index (χ2n) is 6.94. The number of hydrogen-bond donors (Lipinski definition) is 1. The molecule has 1 aliphatic carbocycles. The fraction of sp³-hybridized carbons (Fsp3) is 0.933. The van der Waals surface area contributed by atoms with Crippen LogP contribution in [0.3, 0.4) is 0 Å². The van der Waals surface area contributed by atoms with E-state index in [-0.39, 0.29) is 11.9 Å². The van der Waals surface area contributed by atoms with Gasteiger partial charge in [-0.15, -0.1) is 0 Å². The molecular formula is C15H31N3O. The highest BCUT2D eigenvalue weighted by molar-refractivity contribution is 5.76. The maximum absolute atomic E-state index is 11.8. The van der Waals surface area contributed by atoms with Gasteiger partial charge in [0.25, 0.3) is 0 Å². The first kappa shape index (κ1) is 16.4. The molecule has 19 heavy (non-hydrogen) atoms. The second-order valence-corrected chi connectivity index (χ2v) is 6.94. The lowest BCUT2D eigenvalue weighted by Gasteiger charge is -2.41. The number of amides is 1. The molecule has 0 aromatic carbocycles. The van der Waals surface area contributed by atoms with Gasteiger partial charge in [0, 0.05) is 39.1 Å². The van der Waals surface area contributed by atoms with Crippen LogP contribution in [0.4, 0.5) is 0 Å². The van der Waals surface area contributed by atoms with Gasteiger partial charge in [-0.05, 0) is 38.1 Å². The lowest BCUT2D eigenvalue weighted by Crippen LogP contribution is -2.48. The standard InChI is InChI=1S/C15H31N3O/c1-15(2)8-6-12(7-9-15)18(5)13(11-16)10-14(19)17(3)4/h12-13H,6-11,16H2,1-5H3. The monoisotopic (exact) mass is 269 g/mol. The first-order valence-electron chi connectivity index (χ1n) is 7.39. The van der Waals surface area contributed by atoms with Crippen molar-refractivity contribution >= 4 is 5.91 Å². The SMILES string of the molecule is CN(C)C(=O)CC(CN)N(C)C1CCC(C)(C)CC1. The van der Waals surface area contributed by atoms with Gasteiger partial charge in [0.2, 0.25) is 5.91 Å². The molecule has 1 rings (SSSR count). The molecule has 1 amide bonds. The van der Waals surface area contributed by atoms with Crippen LogP contribution in [-0.2, 0) is 4.79 Å². The fourth-order valence-corrected chi connectivity index (χ4v) is 2.87. The van der Waals surface area contributed by atoms with Crippen LogP contribution in [0, 0.1) is 5.41 Å². The lowest BCUT2D eigenvalue weighted by atomic mass is 9.75. The molecule has 1 fully saturated rings. The Morgan fingerprint density at radius 3 is 2.21 bits per heavy atom. The van der Waals surface area contributed by atoms with E-state index >= 15 is 0 Å². The molecule has 4 heteroatoms. The van der Waals surface area contributed by atoms with Crippen LogP contribution in [0.25, 0.3) is 0 Å². The van der Waals surface area contributed by atoms with Crippen LogP contribution in [0.15, 0.2) is 0 Å². The van der Waals surface area contributed by atoms with Crippen molar-refractivity contribution in [1.29, 1.82) is 0 Å². The van der Waals surface area contributed by atoms with Gasteiger partial charge in [-0.2, -0.15) is 0 Å². The topological polar surface area (TPSA) is 49.6 Å². The van der Waals surface area contributed by atoms with E-state index in [0.717, 1.165) is 0 Å². The summed E-state index contributed by atoms with van der Waals surface area (Å²) >= 11 is 0. The summed E-state index contributed by atoms with van der Waals surface area (Å²) < 4.78 is 0. The van der Waals surface area contributed by atoms with Gasteiger partial charge < -0.3 is 10.6 Å². The van der Waals surface area contributed by atoms with Crippen molar-refractivity contribution in [3.63, 3.8) is 0 Å². The van der Waals surface area contributed by atoms with E-state index in [4.69, 9.17) is 5.73 Å². The Bertz CT molecular complexity index is 292. The highest BCUT2D eigenvalue weighted by Crippen LogP contribution is 2.37. The van der Waals surface area contributed by atoms with Crippen molar-refractivity contribution in [2.24, 2.45) is 11.1 Å². The molecule has 112 valence electrons. The van der Waals surface area contributed by atoms with Crippen LogP contribution in [0.1, 0.15) is 46.0 Å². The van der Waals surface area contributed by atoms with Crippen LogP contribution in [0.5, 0.6) is 0 Å². The van der Waals surface area contributed by atoms with Gasteiger partial charge in [-0.1, -0.05) is 13.8 Å². The first-order chi connectivity index (χ1) is 8.76. The molecule has 0 aromatic heterocycles. The summed E-state index contributed by atoms with van der Waals surface area (Å²) in [6.07, 6.45) is 5.49. The normalized spacial score (nSPS) is 21.4. The highest BCUT2D eigenvalue weighted by Gasteiger charge is 2.31. The Morgan fingerprint density at radius 1 is 1.26 bits per heavy atom. The van der Waals surface area contributed by atoms with Crippen LogP contribution < -0.4 is 5.73 Å². The molecule has 1 aliphatic rings. The van der Waals surface area contributed by atoms with E-state index < -0.39 is 0 Å². The molecular weight excluding hydrogens is 238 g/mol. The highest BCUT2D eigenvalue weighted by atomic mass is 16.2. The minimum atomic E-state index is 0.165. The molecule has 4 nitrogen and oxygen atoms in total. The third kappa shape index (κ3) is 4.77. The lowest BCUT2D eigenvalue weighted by molar-refractivity contribution is -0.130. The van der Waals surface area contributed by atoms with E-state index in [0.29, 0.717) is 24.4 Å². The Morgan fingerprint density at radius 2 is 1.79 bits per heavy atom. The fourth-order valence-electron chi connectivity index (χ4n) is 2.87. The van der Waals surface area contributed by atoms with Crippen molar-refractivity contribution in [1.82, 2.24) is 9.80 Å². The number of rotatable bonds is 5. The predicted octanol–water partition coefficient (Wildman–Crippen LogP) is 1.69. The van der Waals surface area contributed by atoms with Crippen LogP contribution in [0.2, 0.25) is 0 Å². The largest absolute Gasteiger partial charge is 0.349 e. The zero-order valence-corrected chi connectivity index (χ0v) is 13.3. The van der Waals surface area contributed by atoms with Crippen LogP contribution >= 0.6 is 0 Å². The maximum Gasteiger partial charge on any atom is 0.223 e. The summed E-state index contributed by atoms with van der Waals surface area (Å²) in [5.74, 6) is 0.165. The summed E-state index contributed by atoms with van der Waals surface area (Å²) in [4.78, 5) is 15.8. The average Bonchev–Trinajstić information content (AvgIpc) is 2.34. The molecule has 1 saturated carbocycles. The van der Waals surface area contributed by atoms with Gasteiger partial charge in [-0.25, -0.2) is 0 Å². The zero-order valence-electron chi connectivity index (χ0n) is 13.3. The number of carbonyl (C=O) groups is 1. The Labute approximate surface area is 118 Å². The molecule has 1 unspecified atom stereocenters. The van der Waals surface area contributed by atoms with E-state index in [1.165, 1.54) is 25.7 Å². The van der Waals surface area contributed by atoms with Gasteiger partial charge >= 0.3 is 0 Å². The maximum atomic E-state index is 11.8. The number of nitrogens with two attached hydrogens (primary N) is 1. The van der Waals surface area contributed by atoms with Crippen molar-refractivity contribution in [3.05, 3.63) is 0 Å². The summed E-state index contributed by atoms with van der Waals surface area (Å²) in [6.45, 7) is 5.24. The van der Waals surface area contributed by atoms with Gasteiger partial charge in [0.05, 0.1) is 0 Å². The predicted molar refractivity (Wildman–Crippen MR) is 80.0 cm³/mol. The Hall–Kier alpha value is -0.610. The molecule has 0 bridgehead atoms. The van der Waals surface area contributed by atoms with Gasteiger partial charge in [0.15, 0.2) is 0 Å². The van der Waals surface area contributed by atoms with E-state index in [1.54, 1.807) is 19.0 Å². The zero-order chi connectivity index (χ0) is 14.6. The molecule has 1 atom stereocenters. The molecule has 0 saturated heterocycles. The number of carbonyl (C=O) groups excluding carboxylic acids is 1. The van der Waals surface area contributed by atoms with Crippen molar-refractivity contribution < 1.29 is 4.79 Å². The molecule has 0 aromatic rings. The second kappa shape index (κ2) is 6.71. The van der Waals surface area contributed by atoms with Crippen molar-refractivity contribution in [2.45, 2.75) is 58.0 Å². The van der Waals surface area contributed by atoms with Gasteiger partial charge in [0.1, 0.15) is 0 Å². The van der Waals surface area contributed by atoms with E-state index in [2.05, 4.69) is 25.8 Å². The van der Waals surface area contributed by atoms with Gasteiger partial charge in [-0.3, -0.25) is 9.69 Å². The molecule has 0 radical (unpaired) electrons. The first-order valence-corrected chi connectivity index (χ1v) is 7.39. The third-order valence-electron chi connectivity index (χ3n) is 4.64. The van der Waals surface area contributed by atoms with Crippen LogP contribution in [-0.4, -0.2) is 55.5 Å². The third-order valence-corrected chi connectivity index (χ3v) is 4.64. The van der Waals surface area contributed by atoms with E-state index in [1.807, 2.05) is 0 Å². The molecule has 2 N–H and O–H groups in total. The molecule has 0 spiro atoms. The minimum Gasteiger partial charge on any atom is -0.349 e. The minimum absolute atomic E-state index is 0.165. The average molecular weight is 269 g/mol. The molecule has 0 aliphatic heterocycles. The Balaban J connectivity index is 2.54. The molecule has 0 heterocycles. The van der Waals surface area contributed by atoms with E-state index in [9.17, 15) is 4.79 Å². The Kier molecular flexibility index (Phi) is 5.81. The summed E-state index contributed by atoms with van der Waals surface area (Å²) in [6, 6.07) is 0.748. The number of nitrogens with zero attached hydrogens (tertiary/aromatic N) is 2. The number of likely N-dealkylation sites (N-methyl/N-ethyl adjacent to an activating group) is 1.